The first-order chi connectivity index (χ1) is 11.3. The largest absolute Gasteiger partial charge is 0.480 e. The van der Waals surface area contributed by atoms with E-state index in [4.69, 9.17) is 9.84 Å². The molecule has 0 aromatic heterocycles. The molecule has 2 fully saturated rings. The quantitative estimate of drug-likeness (QED) is 0.831. The van der Waals surface area contributed by atoms with Gasteiger partial charge in [-0.3, -0.25) is 10.1 Å². The highest BCUT2D eigenvalue weighted by Gasteiger charge is 2.55. The van der Waals surface area contributed by atoms with Gasteiger partial charge in [0.2, 0.25) is 0 Å². The summed E-state index contributed by atoms with van der Waals surface area (Å²) in [5.74, 6) is -0.397. The van der Waals surface area contributed by atoms with Crippen molar-refractivity contribution in [1.82, 2.24) is 5.32 Å². The number of hydrogen-bond donors (Lipinski definition) is 2. The molecule has 0 amide bonds. The van der Waals surface area contributed by atoms with Gasteiger partial charge in [-0.25, -0.2) is 0 Å². The highest BCUT2D eigenvalue weighted by molar-refractivity contribution is 5.78. The van der Waals surface area contributed by atoms with Crippen LogP contribution in [0.2, 0.25) is 0 Å². The molecule has 2 N–H and O–H groups in total. The average molecular weight is 309 g/mol. The van der Waals surface area contributed by atoms with Crippen molar-refractivity contribution in [3.05, 3.63) is 71.8 Å². The lowest BCUT2D eigenvalue weighted by Crippen LogP contribution is -2.48. The zero-order chi connectivity index (χ0) is 15.8. The van der Waals surface area contributed by atoms with Crippen molar-refractivity contribution in [3.8, 4) is 0 Å². The molecule has 0 saturated carbocycles. The Bertz CT molecular complexity index is 649. The maximum absolute atomic E-state index is 11.1. The van der Waals surface area contributed by atoms with Crippen molar-refractivity contribution in [2.24, 2.45) is 5.92 Å². The van der Waals surface area contributed by atoms with Crippen LogP contribution < -0.4 is 5.32 Å². The number of rotatable bonds is 5. The van der Waals surface area contributed by atoms with Gasteiger partial charge in [0.25, 0.3) is 0 Å². The van der Waals surface area contributed by atoms with Crippen LogP contribution in [0.25, 0.3) is 0 Å². The molecule has 4 nitrogen and oxygen atoms in total. The first-order valence-electron chi connectivity index (χ1n) is 7.96. The summed E-state index contributed by atoms with van der Waals surface area (Å²) in [4.78, 5) is 11.1. The van der Waals surface area contributed by atoms with E-state index in [-0.39, 0.29) is 24.0 Å². The van der Waals surface area contributed by atoms with Gasteiger partial charge in [-0.15, -0.1) is 0 Å². The maximum Gasteiger partial charge on any atom is 0.322 e. The van der Waals surface area contributed by atoms with Crippen LogP contribution >= 0.6 is 0 Å². The first-order valence-corrected chi connectivity index (χ1v) is 7.96. The van der Waals surface area contributed by atoms with Crippen LogP contribution in [0.15, 0.2) is 60.7 Å². The van der Waals surface area contributed by atoms with Crippen LogP contribution in [0, 0.1) is 5.92 Å². The fourth-order valence-corrected chi connectivity index (χ4v) is 3.61. The second-order valence-electron chi connectivity index (χ2n) is 6.27. The summed E-state index contributed by atoms with van der Waals surface area (Å²) in [6.45, 7) is 0.627. The molecule has 4 heteroatoms. The average Bonchev–Trinajstić information content (AvgIpc) is 3.33. The molecular weight excluding hydrogens is 290 g/mol. The molecule has 0 aliphatic carbocycles. The lowest BCUT2D eigenvalue weighted by molar-refractivity contribution is -0.139. The molecule has 2 aromatic rings. The Morgan fingerprint density at radius 2 is 1.61 bits per heavy atom. The SMILES string of the molecule is O=C(O)C1NC1C1COC1C(c1ccccc1)c1ccccc1. The fraction of sp³-hybridized carbons (Fsp3) is 0.316. The van der Waals surface area contributed by atoms with Gasteiger partial charge in [-0.2, -0.15) is 0 Å². The van der Waals surface area contributed by atoms with Crippen molar-refractivity contribution in [2.45, 2.75) is 24.1 Å². The molecule has 0 bridgehead atoms. The summed E-state index contributed by atoms with van der Waals surface area (Å²) in [5, 5.41) is 12.2. The van der Waals surface area contributed by atoms with E-state index in [1.807, 2.05) is 36.4 Å². The van der Waals surface area contributed by atoms with Crippen LogP contribution in [0.3, 0.4) is 0 Å². The standard InChI is InChI=1S/C19H19NO3/c21-19(22)17-16(20-17)14-11-23-18(14)15(12-7-3-1-4-8-12)13-9-5-2-6-10-13/h1-10,14-18,20H,11H2,(H,21,22). The third-order valence-corrected chi connectivity index (χ3v) is 4.90. The smallest absolute Gasteiger partial charge is 0.322 e. The summed E-state index contributed by atoms with van der Waals surface area (Å²) in [7, 11) is 0. The van der Waals surface area contributed by atoms with Gasteiger partial charge >= 0.3 is 5.97 Å². The minimum atomic E-state index is -0.767. The Hall–Kier alpha value is -2.17. The van der Waals surface area contributed by atoms with Crippen molar-refractivity contribution >= 4 is 5.97 Å². The first kappa shape index (κ1) is 14.4. The predicted molar refractivity (Wildman–Crippen MR) is 86.3 cm³/mol. The number of ether oxygens (including phenoxy) is 1. The van der Waals surface area contributed by atoms with E-state index in [1.165, 1.54) is 11.1 Å². The molecular formula is C19H19NO3. The Balaban J connectivity index is 1.63. The second kappa shape index (κ2) is 5.80. The van der Waals surface area contributed by atoms with Gasteiger partial charge in [0.15, 0.2) is 0 Å². The Morgan fingerprint density at radius 3 is 2.00 bits per heavy atom. The highest BCUT2D eigenvalue weighted by Crippen LogP contribution is 2.42. The summed E-state index contributed by atoms with van der Waals surface area (Å²) < 4.78 is 5.91. The lowest BCUT2D eigenvalue weighted by Gasteiger charge is -2.42. The number of aliphatic carboxylic acids is 1. The third-order valence-electron chi connectivity index (χ3n) is 4.90. The minimum absolute atomic E-state index is 0.0154. The van der Waals surface area contributed by atoms with Gasteiger partial charge in [0.1, 0.15) is 6.04 Å². The van der Waals surface area contributed by atoms with Crippen molar-refractivity contribution in [2.75, 3.05) is 6.61 Å². The molecule has 2 aliphatic heterocycles. The van der Waals surface area contributed by atoms with E-state index in [0.29, 0.717) is 6.61 Å². The van der Waals surface area contributed by atoms with Crippen molar-refractivity contribution in [3.63, 3.8) is 0 Å². The van der Waals surface area contributed by atoms with E-state index < -0.39 is 12.0 Å². The van der Waals surface area contributed by atoms with Gasteiger partial charge in [-0.1, -0.05) is 60.7 Å². The Labute approximate surface area is 135 Å². The zero-order valence-corrected chi connectivity index (χ0v) is 12.6. The number of carboxylic acids is 1. The Kier molecular flexibility index (Phi) is 3.63. The summed E-state index contributed by atoms with van der Waals surface area (Å²) in [6.07, 6.45) is 0.0154. The monoisotopic (exact) mass is 309 g/mol. The topological polar surface area (TPSA) is 68.5 Å². The van der Waals surface area contributed by atoms with Crippen LogP contribution in [-0.2, 0) is 9.53 Å². The number of nitrogens with one attached hydrogen (secondary N) is 1. The number of hydrogen-bond acceptors (Lipinski definition) is 3. The molecule has 4 rings (SSSR count). The number of benzene rings is 2. The molecule has 2 aliphatic rings. The van der Waals surface area contributed by atoms with Crippen LogP contribution in [0.4, 0.5) is 0 Å². The van der Waals surface area contributed by atoms with Gasteiger partial charge in [-0.05, 0) is 11.1 Å². The Morgan fingerprint density at radius 1 is 1.04 bits per heavy atom. The van der Waals surface area contributed by atoms with E-state index in [0.717, 1.165) is 0 Å². The lowest BCUT2D eigenvalue weighted by atomic mass is 9.77. The molecule has 4 unspecified atom stereocenters. The highest BCUT2D eigenvalue weighted by atomic mass is 16.5. The summed E-state index contributed by atoms with van der Waals surface area (Å²) in [5.41, 5.74) is 2.42. The number of carbonyl (C=O) groups is 1. The predicted octanol–water partition coefficient (Wildman–Crippen LogP) is 2.26. The normalized spacial score (nSPS) is 29.1. The van der Waals surface area contributed by atoms with E-state index >= 15 is 0 Å². The van der Waals surface area contributed by atoms with E-state index in [9.17, 15) is 4.79 Å². The van der Waals surface area contributed by atoms with E-state index in [2.05, 4.69) is 29.6 Å². The third kappa shape index (κ3) is 2.64. The fourth-order valence-electron chi connectivity index (χ4n) is 3.61. The van der Waals surface area contributed by atoms with Gasteiger partial charge in [0.05, 0.1) is 12.7 Å². The van der Waals surface area contributed by atoms with Gasteiger partial charge in [0, 0.05) is 17.9 Å². The molecule has 23 heavy (non-hydrogen) atoms. The van der Waals surface area contributed by atoms with Crippen molar-refractivity contribution < 1.29 is 14.6 Å². The van der Waals surface area contributed by atoms with Crippen LogP contribution in [0.5, 0.6) is 0 Å². The summed E-state index contributed by atoms with van der Waals surface area (Å²) >= 11 is 0. The molecule has 4 atom stereocenters. The zero-order valence-electron chi connectivity index (χ0n) is 12.6. The second-order valence-corrected chi connectivity index (χ2v) is 6.27. The molecule has 2 saturated heterocycles. The van der Waals surface area contributed by atoms with Gasteiger partial charge < -0.3 is 9.84 Å². The molecule has 118 valence electrons. The summed E-state index contributed by atoms with van der Waals surface area (Å²) in [6, 6.07) is 20.2. The molecule has 0 spiro atoms. The van der Waals surface area contributed by atoms with Crippen LogP contribution in [0.1, 0.15) is 17.0 Å². The maximum atomic E-state index is 11.1. The molecule has 2 heterocycles. The molecule has 2 aromatic carbocycles. The van der Waals surface area contributed by atoms with Crippen LogP contribution in [-0.4, -0.2) is 35.9 Å². The van der Waals surface area contributed by atoms with E-state index in [1.54, 1.807) is 0 Å². The van der Waals surface area contributed by atoms with Crippen molar-refractivity contribution in [1.29, 1.82) is 0 Å². The minimum Gasteiger partial charge on any atom is -0.480 e. The molecule has 0 radical (unpaired) electrons. The number of carboxylic acid groups (broad SMARTS) is 1.